The predicted octanol–water partition coefficient (Wildman–Crippen LogP) is 4.81. The largest absolute Gasteiger partial charge is 0.377 e. The van der Waals surface area contributed by atoms with Crippen molar-refractivity contribution in [3.8, 4) is 12.3 Å². The lowest BCUT2D eigenvalue weighted by molar-refractivity contribution is 0.0655. The van der Waals surface area contributed by atoms with Gasteiger partial charge in [0.2, 0.25) is 0 Å². The van der Waals surface area contributed by atoms with Crippen LogP contribution < -0.4 is 0 Å². The molecule has 0 heterocycles. The van der Waals surface area contributed by atoms with Crippen LogP contribution in [-0.2, 0) is 0 Å². The van der Waals surface area contributed by atoms with E-state index in [0.29, 0.717) is 5.92 Å². The van der Waals surface area contributed by atoms with E-state index < -0.39 is 5.60 Å². The van der Waals surface area contributed by atoms with Gasteiger partial charge < -0.3 is 5.11 Å². The van der Waals surface area contributed by atoms with E-state index in [1.165, 1.54) is 19.3 Å². The molecule has 0 aromatic heterocycles. The maximum atomic E-state index is 10.2. The van der Waals surface area contributed by atoms with Crippen LogP contribution in [0.15, 0.2) is 12.2 Å². The van der Waals surface area contributed by atoms with Crippen molar-refractivity contribution >= 4 is 0 Å². The molecule has 0 rings (SSSR count). The second-order valence-corrected chi connectivity index (χ2v) is 6.70. The highest BCUT2D eigenvalue weighted by Crippen LogP contribution is 2.30. The van der Waals surface area contributed by atoms with Crippen molar-refractivity contribution in [3.05, 3.63) is 12.2 Å². The molecular weight excluding hydrogens is 232 g/mol. The zero-order chi connectivity index (χ0) is 15.1. The summed E-state index contributed by atoms with van der Waals surface area (Å²) in [5.74, 6) is 3.98. The normalized spacial score (nSPS) is 17.6. The SMILES string of the molecule is C#CC(C)(O)C(CCC(C)CCCC(C)C)C(=C)C. The van der Waals surface area contributed by atoms with Crippen LogP contribution >= 0.6 is 0 Å². The number of rotatable bonds is 9. The first-order valence-corrected chi connectivity index (χ1v) is 7.56. The third-order valence-corrected chi connectivity index (χ3v) is 3.99. The van der Waals surface area contributed by atoms with Crippen LogP contribution in [0.2, 0.25) is 0 Å². The quantitative estimate of drug-likeness (QED) is 0.468. The average molecular weight is 264 g/mol. The van der Waals surface area contributed by atoms with Gasteiger partial charge in [-0.1, -0.05) is 58.1 Å². The molecule has 0 fully saturated rings. The van der Waals surface area contributed by atoms with Gasteiger partial charge in [-0.05, 0) is 38.5 Å². The smallest absolute Gasteiger partial charge is 0.128 e. The van der Waals surface area contributed by atoms with Gasteiger partial charge in [0.25, 0.3) is 0 Å². The Bertz CT molecular complexity index is 306. The Balaban J connectivity index is 4.20. The molecule has 0 amide bonds. The van der Waals surface area contributed by atoms with Crippen molar-refractivity contribution < 1.29 is 5.11 Å². The minimum Gasteiger partial charge on any atom is -0.377 e. The van der Waals surface area contributed by atoms with Crippen molar-refractivity contribution in [1.29, 1.82) is 0 Å². The maximum absolute atomic E-state index is 10.2. The lowest BCUT2D eigenvalue weighted by Crippen LogP contribution is -2.33. The van der Waals surface area contributed by atoms with Gasteiger partial charge in [0.15, 0.2) is 0 Å². The second kappa shape index (κ2) is 8.43. The van der Waals surface area contributed by atoms with Crippen molar-refractivity contribution in [1.82, 2.24) is 0 Å². The van der Waals surface area contributed by atoms with Crippen LogP contribution in [-0.4, -0.2) is 10.7 Å². The summed E-state index contributed by atoms with van der Waals surface area (Å²) in [6.07, 6.45) is 11.3. The first-order chi connectivity index (χ1) is 8.70. The molecule has 0 radical (unpaired) electrons. The van der Waals surface area contributed by atoms with Crippen LogP contribution in [0.1, 0.15) is 66.7 Å². The summed E-state index contributed by atoms with van der Waals surface area (Å²) < 4.78 is 0. The zero-order valence-corrected chi connectivity index (χ0v) is 13.5. The molecule has 0 bridgehead atoms. The summed E-state index contributed by atoms with van der Waals surface area (Å²) in [4.78, 5) is 0. The van der Waals surface area contributed by atoms with E-state index >= 15 is 0 Å². The Kier molecular flexibility index (Phi) is 8.11. The van der Waals surface area contributed by atoms with Crippen LogP contribution in [0.25, 0.3) is 0 Å². The maximum Gasteiger partial charge on any atom is 0.128 e. The van der Waals surface area contributed by atoms with E-state index in [9.17, 15) is 5.11 Å². The van der Waals surface area contributed by atoms with Gasteiger partial charge in [0, 0.05) is 5.92 Å². The van der Waals surface area contributed by atoms with Gasteiger partial charge >= 0.3 is 0 Å². The highest BCUT2D eigenvalue weighted by molar-refractivity contribution is 5.16. The van der Waals surface area contributed by atoms with Gasteiger partial charge in [0.1, 0.15) is 5.60 Å². The fraction of sp³-hybridized carbons (Fsp3) is 0.778. The lowest BCUT2D eigenvalue weighted by atomic mass is 9.79. The third-order valence-electron chi connectivity index (χ3n) is 3.99. The van der Waals surface area contributed by atoms with Gasteiger partial charge in [0.05, 0.1) is 0 Å². The first kappa shape index (κ1) is 18.3. The van der Waals surface area contributed by atoms with Crippen LogP contribution in [0.4, 0.5) is 0 Å². The van der Waals surface area contributed by atoms with Crippen molar-refractivity contribution in [2.45, 2.75) is 72.3 Å². The van der Waals surface area contributed by atoms with Gasteiger partial charge in [-0.3, -0.25) is 0 Å². The lowest BCUT2D eigenvalue weighted by Gasteiger charge is -2.29. The van der Waals surface area contributed by atoms with Gasteiger partial charge in [-0.15, -0.1) is 6.42 Å². The molecule has 1 N–H and O–H groups in total. The van der Waals surface area contributed by atoms with E-state index in [2.05, 4.69) is 33.3 Å². The highest BCUT2D eigenvalue weighted by atomic mass is 16.3. The summed E-state index contributed by atoms with van der Waals surface area (Å²) in [5, 5.41) is 10.2. The van der Waals surface area contributed by atoms with Crippen molar-refractivity contribution in [3.63, 3.8) is 0 Å². The molecule has 0 aromatic carbocycles. The van der Waals surface area contributed by atoms with Crippen LogP contribution in [0.3, 0.4) is 0 Å². The molecule has 0 aliphatic carbocycles. The Morgan fingerprint density at radius 2 is 1.79 bits per heavy atom. The monoisotopic (exact) mass is 264 g/mol. The van der Waals surface area contributed by atoms with E-state index in [-0.39, 0.29) is 5.92 Å². The van der Waals surface area contributed by atoms with E-state index in [1.54, 1.807) is 6.92 Å². The Morgan fingerprint density at radius 3 is 2.21 bits per heavy atom. The summed E-state index contributed by atoms with van der Waals surface area (Å²) in [5.41, 5.74) is -0.0823. The summed E-state index contributed by atoms with van der Waals surface area (Å²) in [6, 6.07) is 0. The minimum atomic E-state index is -1.07. The van der Waals surface area contributed by atoms with E-state index in [0.717, 1.165) is 24.3 Å². The fourth-order valence-corrected chi connectivity index (χ4v) is 2.58. The predicted molar refractivity (Wildman–Crippen MR) is 84.8 cm³/mol. The molecule has 0 aliphatic rings. The van der Waals surface area contributed by atoms with Crippen LogP contribution in [0.5, 0.6) is 0 Å². The Hall–Kier alpha value is -0.740. The molecular formula is C18H32O. The molecule has 0 saturated heterocycles. The summed E-state index contributed by atoms with van der Waals surface area (Å²) >= 11 is 0. The summed E-state index contributed by atoms with van der Waals surface area (Å²) in [6.45, 7) is 14.5. The Morgan fingerprint density at radius 1 is 1.21 bits per heavy atom. The molecule has 0 saturated carbocycles. The number of aliphatic hydroxyl groups is 1. The van der Waals surface area contributed by atoms with Gasteiger partial charge in [-0.2, -0.15) is 0 Å². The average Bonchev–Trinajstić information content (AvgIpc) is 2.27. The topological polar surface area (TPSA) is 20.2 Å². The molecule has 1 nitrogen and oxygen atoms in total. The number of hydrogen-bond acceptors (Lipinski definition) is 1. The van der Waals surface area contributed by atoms with Gasteiger partial charge in [-0.25, -0.2) is 0 Å². The molecule has 3 unspecified atom stereocenters. The number of hydrogen-bond donors (Lipinski definition) is 1. The third kappa shape index (κ3) is 7.43. The molecule has 0 aliphatic heterocycles. The van der Waals surface area contributed by atoms with Crippen LogP contribution in [0, 0.1) is 30.1 Å². The minimum absolute atomic E-state index is 0.00467. The second-order valence-electron chi connectivity index (χ2n) is 6.70. The van der Waals surface area contributed by atoms with Crippen molar-refractivity contribution in [2.24, 2.45) is 17.8 Å². The molecule has 3 atom stereocenters. The van der Waals surface area contributed by atoms with E-state index in [4.69, 9.17) is 6.42 Å². The molecule has 1 heteroatoms. The molecule has 0 aromatic rings. The highest BCUT2D eigenvalue weighted by Gasteiger charge is 2.30. The molecule has 19 heavy (non-hydrogen) atoms. The number of terminal acetylenes is 1. The van der Waals surface area contributed by atoms with Crippen molar-refractivity contribution in [2.75, 3.05) is 0 Å². The molecule has 0 spiro atoms. The first-order valence-electron chi connectivity index (χ1n) is 7.56. The summed E-state index contributed by atoms with van der Waals surface area (Å²) in [7, 11) is 0. The fourth-order valence-electron chi connectivity index (χ4n) is 2.58. The Labute approximate surface area is 120 Å². The zero-order valence-electron chi connectivity index (χ0n) is 13.5. The van der Waals surface area contributed by atoms with E-state index in [1.807, 2.05) is 6.92 Å². The molecule has 110 valence electrons. The standard InChI is InChI=1S/C18H32O/c1-8-18(7,19)17(15(4)5)13-12-16(6)11-9-10-14(2)3/h1,14,16-17,19H,4,9-13H2,2-3,5-7H3.